The van der Waals surface area contributed by atoms with Crippen molar-refractivity contribution in [2.75, 3.05) is 18.0 Å². The summed E-state index contributed by atoms with van der Waals surface area (Å²) in [5.74, 6) is 1.19. The van der Waals surface area contributed by atoms with Gasteiger partial charge >= 0.3 is 0 Å². The van der Waals surface area contributed by atoms with Gasteiger partial charge in [0, 0.05) is 36.9 Å². The van der Waals surface area contributed by atoms with Crippen LogP contribution in [0.4, 0.5) is 5.82 Å². The number of carbonyl (C=O) groups is 1. The standard InChI is InChI=1S/C23H26N4O/c1-16(2)21-14-19(18-7-3-4-8-20(18)26-21)23(28)25-15-17-9-10-24-22(13-17)27-11-5-6-12-27/h3-4,7-10,13-14,16H,5-6,11-12,15H2,1-2H3,(H,25,28). The van der Waals surface area contributed by atoms with Crippen molar-refractivity contribution >= 4 is 22.6 Å². The SMILES string of the molecule is CC(C)c1cc(C(=O)NCc2ccnc(N3CCCC3)c2)c2ccccc2n1. The fourth-order valence-electron chi connectivity index (χ4n) is 3.65. The zero-order valence-electron chi connectivity index (χ0n) is 16.5. The molecule has 0 radical (unpaired) electrons. The molecule has 4 rings (SSSR count). The Kier molecular flexibility index (Phi) is 5.24. The third-order valence-corrected chi connectivity index (χ3v) is 5.27. The second-order valence-electron chi connectivity index (χ2n) is 7.67. The summed E-state index contributed by atoms with van der Waals surface area (Å²) in [4.78, 5) is 24.5. The van der Waals surface area contributed by atoms with Crippen LogP contribution in [0.3, 0.4) is 0 Å². The van der Waals surface area contributed by atoms with E-state index in [2.05, 4.69) is 35.1 Å². The Morgan fingerprint density at radius 1 is 1.14 bits per heavy atom. The number of nitrogens with zero attached hydrogens (tertiary/aromatic N) is 3. The number of pyridine rings is 2. The van der Waals surface area contributed by atoms with E-state index in [-0.39, 0.29) is 11.8 Å². The van der Waals surface area contributed by atoms with E-state index in [0.717, 1.165) is 41.1 Å². The van der Waals surface area contributed by atoms with E-state index in [0.29, 0.717) is 12.1 Å². The normalized spacial score (nSPS) is 14.0. The van der Waals surface area contributed by atoms with Crippen LogP contribution in [0.1, 0.15) is 54.2 Å². The molecule has 3 aromatic rings. The van der Waals surface area contributed by atoms with Gasteiger partial charge in [0.15, 0.2) is 0 Å². The van der Waals surface area contributed by atoms with Gasteiger partial charge in [-0.15, -0.1) is 0 Å². The lowest BCUT2D eigenvalue weighted by Crippen LogP contribution is -2.24. The van der Waals surface area contributed by atoms with Crippen molar-refractivity contribution < 1.29 is 4.79 Å². The monoisotopic (exact) mass is 374 g/mol. The minimum atomic E-state index is -0.0694. The van der Waals surface area contributed by atoms with Crippen LogP contribution in [0.2, 0.25) is 0 Å². The fourth-order valence-corrected chi connectivity index (χ4v) is 3.65. The second kappa shape index (κ2) is 7.97. The summed E-state index contributed by atoms with van der Waals surface area (Å²) in [7, 11) is 0. The number of aromatic nitrogens is 2. The highest BCUT2D eigenvalue weighted by Gasteiger charge is 2.16. The van der Waals surface area contributed by atoms with Crippen molar-refractivity contribution in [3.63, 3.8) is 0 Å². The van der Waals surface area contributed by atoms with Crippen molar-refractivity contribution in [3.8, 4) is 0 Å². The molecule has 1 amide bonds. The number of amides is 1. The molecule has 1 aromatic carbocycles. The third kappa shape index (κ3) is 3.84. The molecule has 0 spiro atoms. The Balaban J connectivity index is 1.55. The summed E-state index contributed by atoms with van der Waals surface area (Å²) in [6.45, 7) is 6.79. The predicted molar refractivity (Wildman–Crippen MR) is 113 cm³/mol. The summed E-state index contributed by atoms with van der Waals surface area (Å²) in [6.07, 6.45) is 4.26. The summed E-state index contributed by atoms with van der Waals surface area (Å²) < 4.78 is 0. The number of rotatable bonds is 5. The van der Waals surface area contributed by atoms with Gasteiger partial charge in [-0.1, -0.05) is 32.0 Å². The van der Waals surface area contributed by atoms with E-state index in [1.165, 1.54) is 12.8 Å². The smallest absolute Gasteiger partial charge is 0.252 e. The van der Waals surface area contributed by atoms with E-state index in [9.17, 15) is 4.79 Å². The van der Waals surface area contributed by atoms with Crippen molar-refractivity contribution in [2.45, 2.75) is 39.2 Å². The molecule has 1 aliphatic rings. The summed E-state index contributed by atoms with van der Waals surface area (Å²) in [6, 6.07) is 13.8. The molecule has 0 saturated carbocycles. The summed E-state index contributed by atoms with van der Waals surface area (Å²) >= 11 is 0. The van der Waals surface area contributed by atoms with Crippen LogP contribution in [0.25, 0.3) is 10.9 Å². The molecule has 1 saturated heterocycles. The number of fused-ring (bicyclic) bond motifs is 1. The molecule has 5 nitrogen and oxygen atoms in total. The van der Waals surface area contributed by atoms with Gasteiger partial charge < -0.3 is 10.2 Å². The summed E-state index contributed by atoms with van der Waals surface area (Å²) in [5, 5.41) is 3.96. The minimum Gasteiger partial charge on any atom is -0.357 e. The van der Waals surface area contributed by atoms with E-state index in [1.54, 1.807) is 0 Å². The van der Waals surface area contributed by atoms with Crippen LogP contribution in [0.15, 0.2) is 48.7 Å². The largest absolute Gasteiger partial charge is 0.357 e. The van der Waals surface area contributed by atoms with Gasteiger partial charge in [0.25, 0.3) is 5.91 Å². The Labute approximate surface area is 165 Å². The number of hydrogen-bond donors (Lipinski definition) is 1. The number of carbonyl (C=O) groups excluding carboxylic acids is 1. The van der Waals surface area contributed by atoms with Gasteiger partial charge in [-0.3, -0.25) is 9.78 Å². The first-order valence-corrected chi connectivity index (χ1v) is 9.99. The first-order chi connectivity index (χ1) is 13.6. The molecule has 5 heteroatoms. The molecule has 1 N–H and O–H groups in total. The van der Waals surface area contributed by atoms with E-state index >= 15 is 0 Å². The van der Waals surface area contributed by atoms with Gasteiger partial charge in [-0.25, -0.2) is 4.98 Å². The van der Waals surface area contributed by atoms with Crippen LogP contribution in [-0.2, 0) is 6.54 Å². The Morgan fingerprint density at radius 2 is 1.93 bits per heavy atom. The van der Waals surface area contributed by atoms with E-state index in [1.807, 2.05) is 42.6 Å². The quantitative estimate of drug-likeness (QED) is 0.724. The Hall–Kier alpha value is -2.95. The van der Waals surface area contributed by atoms with Gasteiger partial charge in [-0.05, 0) is 48.6 Å². The first-order valence-electron chi connectivity index (χ1n) is 9.99. The van der Waals surface area contributed by atoms with Gasteiger partial charge in [0.05, 0.1) is 11.1 Å². The van der Waals surface area contributed by atoms with E-state index < -0.39 is 0 Å². The molecule has 1 fully saturated rings. The number of anilines is 1. The van der Waals surface area contributed by atoms with Crippen LogP contribution in [0, 0.1) is 0 Å². The van der Waals surface area contributed by atoms with Crippen molar-refractivity contribution in [1.82, 2.24) is 15.3 Å². The third-order valence-electron chi connectivity index (χ3n) is 5.27. The van der Waals surface area contributed by atoms with Crippen LogP contribution in [0.5, 0.6) is 0 Å². The second-order valence-corrected chi connectivity index (χ2v) is 7.67. The molecule has 144 valence electrons. The highest BCUT2D eigenvalue weighted by Crippen LogP contribution is 2.23. The predicted octanol–water partition coefficient (Wildman–Crippen LogP) is 4.28. The Morgan fingerprint density at radius 3 is 2.71 bits per heavy atom. The molecule has 0 bridgehead atoms. The molecule has 0 unspecified atom stereocenters. The lowest BCUT2D eigenvalue weighted by molar-refractivity contribution is 0.0952. The highest BCUT2D eigenvalue weighted by atomic mass is 16.1. The molecule has 2 aromatic heterocycles. The van der Waals surface area contributed by atoms with Gasteiger partial charge in [-0.2, -0.15) is 0 Å². The number of hydrogen-bond acceptors (Lipinski definition) is 4. The van der Waals surface area contributed by atoms with Crippen molar-refractivity contribution in [1.29, 1.82) is 0 Å². The van der Waals surface area contributed by atoms with Gasteiger partial charge in [0.1, 0.15) is 5.82 Å². The lowest BCUT2D eigenvalue weighted by atomic mass is 10.0. The maximum Gasteiger partial charge on any atom is 0.252 e. The zero-order chi connectivity index (χ0) is 19.5. The molecule has 3 heterocycles. The average Bonchev–Trinajstić information content (AvgIpc) is 3.26. The molecule has 1 aliphatic heterocycles. The molecular formula is C23H26N4O. The lowest BCUT2D eigenvalue weighted by Gasteiger charge is -2.17. The molecule has 0 aliphatic carbocycles. The van der Waals surface area contributed by atoms with Crippen LogP contribution >= 0.6 is 0 Å². The fraction of sp³-hybridized carbons (Fsp3) is 0.348. The maximum atomic E-state index is 13.0. The summed E-state index contributed by atoms with van der Waals surface area (Å²) in [5.41, 5.74) is 3.54. The topological polar surface area (TPSA) is 58.1 Å². The maximum absolute atomic E-state index is 13.0. The number of para-hydroxylation sites is 1. The van der Waals surface area contributed by atoms with E-state index in [4.69, 9.17) is 4.98 Å². The zero-order valence-corrected chi connectivity index (χ0v) is 16.5. The van der Waals surface area contributed by atoms with Gasteiger partial charge in [0.2, 0.25) is 0 Å². The van der Waals surface area contributed by atoms with Crippen LogP contribution in [-0.4, -0.2) is 29.0 Å². The van der Waals surface area contributed by atoms with Crippen LogP contribution < -0.4 is 10.2 Å². The minimum absolute atomic E-state index is 0.0694. The first kappa shape index (κ1) is 18.4. The molecule has 0 atom stereocenters. The highest BCUT2D eigenvalue weighted by molar-refractivity contribution is 6.06. The van der Waals surface area contributed by atoms with Crippen molar-refractivity contribution in [3.05, 3.63) is 65.5 Å². The molecule has 28 heavy (non-hydrogen) atoms. The molecular weight excluding hydrogens is 348 g/mol. The van der Waals surface area contributed by atoms with Crippen molar-refractivity contribution in [2.24, 2.45) is 0 Å². The average molecular weight is 374 g/mol. The number of benzene rings is 1. The number of nitrogens with one attached hydrogen (secondary N) is 1. The Bertz CT molecular complexity index is 993.